The van der Waals surface area contributed by atoms with Crippen molar-refractivity contribution in [2.45, 2.75) is 32.4 Å². The highest BCUT2D eigenvalue weighted by atomic mass is 127. The number of carbonyl (C=O) groups excluding carboxylic acids is 1. The van der Waals surface area contributed by atoms with Crippen LogP contribution in [0.1, 0.15) is 24.8 Å². The highest BCUT2D eigenvalue weighted by Crippen LogP contribution is 2.19. The number of hydrogen-bond donors (Lipinski definition) is 2. The van der Waals surface area contributed by atoms with E-state index in [9.17, 15) is 13.6 Å². The molecule has 25 heavy (non-hydrogen) atoms. The molecule has 0 aliphatic carbocycles. The zero-order valence-electron chi connectivity index (χ0n) is 14.3. The van der Waals surface area contributed by atoms with E-state index in [0.717, 1.165) is 6.42 Å². The Morgan fingerprint density at radius 1 is 1.24 bits per heavy atom. The first-order chi connectivity index (χ1) is 11.6. The second kappa shape index (κ2) is 13.6. The van der Waals surface area contributed by atoms with Crippen LogP contribution in [-0.2, 0) is 16.1 Å². The van der Waals surface area contributed by atoms with Gasteiger partial charge in [0.1, 0.15) is 5.75 Å². The van der Waals surface area contributed by atoms with Crippen molar-refractivity contribution in [1.82, 2.24) is 10.6 Å². The molecular formula is C16H24F2IN3O3. The Labute approximate surface area is 163 Å². The summed E-state index contributed by atoms with van der Waals surface area (Å²) in [5, 5.41) is 6.12. The summed E-state index contributed by atoms with van der Waals surface area (Å²) in [5.74, 6) is 0.446. The number of alkyl halides is 2. The minimum Gasteiger partial charge on any atom is -0.469 e. The summed E-state index contributed by atoms with van der Waals surface area (Å²) in [6, 6.07) is 6.58. The fourth-order valence-corrected chi connectivity index (χ4v) is 1.96. The van der Waals surface area contributed by atoms with Crippen LogP contribution in [0.25, 0.3) is 0 Å². The first-order valence-corrected chi connectivity index (χ1v) is 7.61. The van der Waals surface area contributed by atoms with E-state index in [1.807, 2.05) is 0 Å². The number of carbonyl (C=O) groups is 1. The molecule has 1 rings (SSSR count). The van der Waals surface area contributed by atoms with Crippen molar-refractivity contribution in [3.05, 3.63) is 29.8 Å². The Bertz CT molecular complexity index is 545. The lowest BCUT2D eigenvalue weighted by Gasteiger charge is -2.14. The van der Waals surface area contributed by atoms with Gasteiger partial charge in [0, 0.05) is 32.1 Å². The molecule has 0 bridgehead atoms. The maximum Gasteiger partial charge on any atom is 0.387 e. The monoisotopic (exact) mass is 471 g/mol. The van der Waals surface area contributed by atoms with Crippen LogP contribution in [0.3, 0.4) is 0 Å². The van der Waals surface area contributed by atoms with Gasteiger partial charge in [-0.1, -0.05) is 18.2 Å². The number of rotatable bonds is 9. The molecule has 0 unspecified atom stereocenters. The largest absolute Gasteiger partial charge is 0.469 e. The quantitative estimate of drug-likeness (QED) is 0.191. The number of benzene rings is 1. The van der Waals surface area contributed by atoms with E-state index in [2.05, 4.69) is 25.1 Å². The second-order valence-electron chi connectivity index (χ2n) is 4.87. The van der Waals surface area contributed by atoms with Crippen LogP contribution in [0.15, 0.2) is 29.3 Å². The van der Waals surface area contributed by atoms with E-state index >= 15 is 0 Å². The number of halogens is 3. The number of ether oxygens (including phenoxy) is 2. The molecule has 142 valence electrons. The fourth-order valence-electron chi connectivity index (χ4n) is 1.96. The maximum atomic E-state index is 12.4. The van der Waals surface area contributed by atoms with E-state index in [4.69, 9.17) is 0 Å². The van der Waals surface area contributed by atoms with Gasteiger partial charge in [0.2, 0.25) is 0 Å². The van der Waals surface area contributed by atoms with Gasteiger partial charge in [-0.05, 0) is 18.9 Å². The number of aliphatic imine (C=N–C) groups is 1. The molecule has 0 heterocycles. The summed E-state index contributed by atoms with van der Waals surface area (Å²) in [6.07, 6.45) is 1.87. The van der Waals surface area contributed by atoms with Crippen LogP contribution in [0.5, 0.6) is 5.75 Å². The van der Waals surface area contributed by atoms with E-state index < -0.39 is 6.61 Å². The predicted molar refractivity (Wildman–Crippen MR) is 103 cm³/mol. The van der Waals surface area contributed by atoms with E-state index in [0.29, 0.717) is 37.5 Å². The molecule has 2 N–H and O–H groups in total. The molecule has 0 aromatic heterocycles. The lowest BCUT2D eigenvalue weighted by atomic mass is 10.2. The third kappa shape index (κ3) is 10.0. The Balaban J connectivity index is 0.00000576. The van der Waals surface area contributed by atoms with Gasteiger partial charge in [-0.15, -0.1) is 24.0 Å². The number of guanidine groups is 1. The van der Waals surface area contributed by atoms with Gasteiger partial charge in [-0.25, -0.2) is 0 Å². The van der Waals surface area contributed by atoms with Crippen LogP contribution >= 0.6 is 24.0 Å². The predicted octanol–water partition coefficient (Wildman–Crippen LogP) is 2.91. The Morgan fingerprint density at radius 2 is 1.96 bits per heavy atom. The topological polar surface area (TPSA) is 72.0 Å². The van der Waals surface area contributed by atoms with Gasteiger partial charge >= 0.3 is 12.6 Å². The van der Waals surface area contributed by atoms with Crippen LogP contribution in [-0.4, -0.2) is 39.2 Å². The molecule has 0 aliphatic heterocycles. The molecule has 0 spiro atoms. The minimum absolute atomic E-state index is 0. The Hall–Kier alpha value is -1.65. The number of methoxy groups -OCH3 is 1. The molecule has 1 aromatic carbocycles. The summed E-state index contributed by atoms with van der Waals surface area (Å²) in [7, 11) is 2.98. The summed E-state index contributed by atoms with van der Waals surface area (Å²) in [4.78, 5) is 15.0. The van der Waals surface area contributed by atoms with Crippen LogP contribution < -0.4 is 15.4 Å². The smallest absolute Gasteiger partial charge is 0.387 e. The summed E-state index contributed by atoms with van der Waals surface area (Å²) >= 11 is 0. The molecule has 0 atom stereocenters. The highest BCUT2D eigenvalue weighted by molar-refractivity contribution is 14.0. The minimum atomic E-state index is -2.86. The summed E-state index contributed by atoms with van der Waals surface area (Å²) in [6.45, 7) is -1.94. The molecule has 0 saturated heterocycles. The van der Waals surface area contributed by atoms with Crippen LogP contribution in [0, 0.1) is 0 Å². The highest BCUT2D eigenvalue weighted by Gasteiger charge is 2.09. The number of nitrogens with one attached hydrogen (secondary N) is 2. The number of unbranched alkanes of at least 4 members (excludes halogenated alkanes) is 1. The van der Waals surface area contributed by atoms with Crippen LogP contribution in [0.4, 0.5) is 8.78 Å². The van der Waals surface area contributed by atoms with Crippen molar-refractivity contribution in [2.24, 2.45) is 4.99 Å². The van der Waals surface area contributed by atoms with E-state index in [1.165, 1.54) is 13.2 Å². The number of para-hydroxylation sites is 1. The van der Waals surface area contributed by atoms with Gasteiger partial charge in [-0.3, -0.25) is 9.79 Å². The average Bonchev–Trinajstić information content (AvgIpc) is 2.57. The number of esters is 1. The molecule has 9 heteroatoms. The fraction of sp³-hybridized carbons (Fsp3) is 0.500. The zero-order chi connectivity index (χ0) is 17.8. The SMILES string of the molecule is CN=C(NCCCCC(=O)OC)NCc1ccccc1OC(F)F.I. The van der Waals surface area contributed by atoms with Crippen molar-refractivity contribution in [1.29, 1.82) is 0 Å². The van der Waals surface area contributed by atoms with E-state index in [1.54, 1.807) is 25.2 Å². The normalized spacial score (nSPS) is 10.8. The summed E-state index contributed by atoms with van der Waals surface area (Å²) in [5.41, 5.74) is 0.603. The maximum absolute atomic E-state index is 12.4. The number of nitrogens with zero attached hydrogens (tertiary/aromatic N) is 1. The van der Waals surface area contributed by atoms with Gasteiger partial charge in [0.15, 0.2) is 5.96 Å². The molecule has 0 saturated carbocycles. The average molecular weight is 471 g/mol. The molecule has 1 aromatic rings. The molecule has 0 fully saturated rings. The Kier molecular flexibility index (Phi) is 12.7. The number of hydrogen-bond acceptors (Lipinski definition) is 4. The van der Waals surface area contributed by atoms with Crippen molar-refractivity contribution in [2.75, 3.05) is 20.7 Å². The van der Waals surface area contributed by atoms with Crippen LogP contribution in [0.2, 0.25) is 0 Å². The zero-order valence-corrected chi connectivity index (χ0v) is 16.6. The van der Waals surface area contributed by atoms with Crippen molar-refractivity contribution in [3.63, 3.8) is 0 Å². The van der Waals surface area contributed by atoms with Gasteiger partial charge in [0.25, 0.3) is 0 Å². The van der Waals surface area contributed by atoms with Crippen molar-refractivity contribution >= 4 is 35.9 Å². The van der Waals surface area contributed by atoms with E-state index in [-0.39, 0.29) is 35.7 Å². The lowest BCUT2D eigenvalue weighted by molar-refractivity contribution is -0.140. The molecule has 6 nitrogen and oxygen atoms in total. The van der Waals surface area contributed by atoms with Crippen molar-refractivity contribution < 1.29 is 23.0 Å². The van der Waals surface area contributed by atoms with Crippen molar-refractivity contribution in [3.8, 4) is 5.75 Å². The van der Waals surface area contributed by atoms with Gasteiger partial charge < -0.3 is 20.1 Å². The molecular weight excluding hydrogens is 447 g/mol. The van der Waals surface area contributed by atoms with Gasteiger partial charge in [0.05, 0.1) is 7.11 Å². The van der Waals surface area contributed by atoms with Gasteiger partial charge in [-0.2, -0.15) is 8.78 Å². The third-order valence-electron chi connectivity index (χ3n) is 3.19. The molecule has 0 amide bonds. The first-order valence-electron chi connectivity index (χ1n) is 7.61. The second-order valence-corrected chi connectivity index (χ2v) is 4.87. The molecule has 0 radical (unpaired) electrons. The first kappa shape index (κ1) is 23.4. The standard InChI is InChI=1S/C16H23F2N3O3.HI/c1-19-16(20-10-6-5-9-14(22)23-2)21-11-12-7-3-4-8-13(12)24-15(17)18;/h3-4,7-8,15H,5-6,9-11H2,1-2H3,(H2,19,20,21);1H. The Morgan fingerprint density at radius 3 is 2.60 bits per heavy atom. The summed E-state index contributed by atoms with van der Waals surface area (Å²) < 4.78 is 33.8. The third-order valence-corrected chi connectivity index (χ3v) is 3.19. The lowest BCUT2D eigenvalue weighted by Crippen LogP contribution is -2.37. The molecule has 0 aliphatic rings.